The molecular weight excluding hydrogens is 360 g/mol. The van der Waals surface area contributed by atoms with Gasteiger partial charge in [-0.05, 0) is 31.2 Å². The van der Waals surface area contributed by atoms with Crippen molar-refractivity contribution >= 4 is 23.4 Å². The molecule has 12 heteroatoms. The zero-order valence-corrected chi connectivity index (χ0v) is 14.4. The van der Waals surface area contributed by atoms with E-state index in [2.05, 4.69) is 15.1 Å². The van der Waals surface area contributed by atoms with Crippen molar-refractivity contribution in [3.63, 3.8) is 0 Å². The highest BCUT2D eigenvalue weighted by Crippen LogP contribution is 2.22. The van der Waals surface area contributed by atoms with E-state index in [0.29, 0.717) is 11.3 Å². The minimum Gasteiger partial charge on any atom is -0.484 e. The molecular formula is C15H16N6O6. The zero-order chi connectivity index (χ0) is 20.1. The van der Waals surface area contributed by atoms with E-state index in [1.54, 1.807) is 0 Å². The molecule has 4 N–H and O–H groups in total. The van der Waals surface area contributed by atoms with E-state index in [4.69, 9.17) is 16.2 Å². The Balaban J connectivity index is 2.11. The van der Waals surface area contributed by atoms with Crippen molar-refractivity contribution in [1.29, 1.82) is 0 Å². The summed E-state index contributed by atoms with van der Waals surface area (Å²) in [4.78, 5) is 37.7. The number of ether oxygens (including phenoxy) is 1. The van der Waals surface area contributed by atoms with Gasteiger partial charge in [0.25, 0.3) is 5.91 Å². The van der Waals surface area contributed by atoms with Gasteiger partial charge in [0.1, 0.15) is 11.4 Å². The van der Waals surface area contributed by atoms with Crippen LogP contribution in [0.25, 0.3) is 0 Å². The summed E-state index contributed by atoms with van der Waals surface area (Å²) in [6, 6.07) is 6.04. The number of aryl methyl sites for hydroxylation is 1. The Morgan fingerprint density at radius 2 is 1.93 bits per heavy atom. The van der Waals surface area contributed by atoms with Crippen LogP contribution in [-0.4, -0.2) is 39.0 Å². The number of hydrogen-bond donors (Lipinski definition) is 2. The molecule has 0 fully saturated rings. The summed E-state index contributed by atoms with van der Waals surface area (Å²) in [5, 5.41) is 18.3. The van der Waals surface area contributed by atoms with E-state index in [0.717, 1.165) is 0 Å². The lowest BCUT2D eigenvalue weighted by atomic mass is 10.2. The first-order chi connectivity index (χ1) is 12.7. The summed E-state index contributed by atoms with van der Waals surface area (Å²) < 4.78 is 6.28. The molecule has 2 rings (SSSR count). The smallest absolute Gasteiger partial charge is 0.393 e. The lowest BCUT2D eigenvalue weighted by molar-refractivity contribution is -0.385. The van der Waals surface area contributed by atoms with Gasteiger partial charge in [0.05, 0.1) is 4.92 Å². The minimum atomic E-state index is -1.12. The first kappa shape index (κ1) is 19.4. The van der Waals surface area contributed by atoms with Crippen molar-refractivity contribution < 1.29 is 24.1 Å². The number of carbonyl (C=O) groups is 2. The number of rotatable bonds is 7. The van der Waals surface area contributed by atoms with Crippen LogP contribution >= 0.6 is 0 Å². The van der Waals surface area contributed by atoms with Crippen LogP contribution in [0, 0.1) is 17.0 Å². The Morgan fingerprint density at radius 1 is 1.30 bits per heavy atom. The molecule has 0 unspecified atom stereocenters. The van der Waals surface area contributed by atoms with Crippen LogP contribution in [-0.2, 0) is 16.7 Å². The van der Waals surface area contributed by atoms with Gasteiger partial charge in [-0.3, -0.25) is 19.6 Å². The number of amides is 1. The number of amidine groups is 1. The predicted molar refractivity (Wildman–Crippen MR) is 91.9 cm³/mol. The highest BCUT2D eigenvalue weighted by molar-refractivity contribution is 5.98. The summed E-state index contributed by atoms with van der Waals surface area (Å²) in [5.41, 5.74) is 10.3. The van der Waals surface area contributed by atoms with Crippen molar-refractivity contribution in [2.24, 2.45) is 23.7 Å². The van der Waals surface area contributed by atoms with Crippen LogP contribution in [0.4, 0.5) is 5.69 Å². The van der Waals surface area contributed by atoms with E-state index in [9.17, 15) is 19.7 Å². The Hall–Kier alpha value is -3.96. The fourth-order valence-electron chi connectivity index (χ4n) is 2.02. The van der Waals surface area contributed by atoms with Gasteiger partial charge in [-0.1, -0.05) is 5.16 Å². The van der Waals surface area contributed by atoms with Crippen LogP contribution in [0.15, 0.2) is 29.4 Å². The third-order valence-electron chi connectivity index (χ3n) is 3.44. The first-order valence-electron chi connectivity index (χ1n) is 7.45. The van der Waals surface area contributed by atoms with E-state index in [1.807, 2.05) is 0 Å². The average Bonchev–Trinajstić information content (AvgIpc) is 2.93. The SMILES string of the molecule is Cc1c([N+](=O)[O-])c(C(=O)O/N=C(\N)c2ccc(OCC(N)=O)cc2)nn1C. The molecule has 27 heavy (non-hydrogen) atoms. The van der Waals surface area contributed by atoms with Gasteiger partial charge in [0.2, 0.25) is 5.69 Å². The van der Waals surface area contributed by atoms with Crippen LogP contribution in [0.1, 0.15) is 21.7 Å². The normalized spacial score (nSPS) is 11.1. The molecule has 1 aromatic heterocycles. The van der Waals surface area contributed by atoms with E-state index >= 15 is 0 Å². The van der Waals surface area contributed by atoms with Crippen molar-refractivity contribution in [3.8, 4) is 5.75 Å². The first-order valence-corrected chi connectivity index (χ1v) is 7.45. The third kappa shape index (κ3) is 4.56. The van der Waals surface area contributed by atoms with E-state index in [-0.39, 0.29) is 18.1 Å². The highest BCUT2D eigenvalue weighted by Gasteiger charge is 2.30. The number of primary amides is 1. The molecule has 2 aromatic rings. The maximum absolute atomic E-state index is 12.0. The van der Waals surface area contributed by atoms with Crippen LogP contribution in [0.3, 0.4) is 0 Å². The van der Waals surface area contributed by atoms with Crippen molar-refractivity contribution in [3.05, 3.63) is 51.3 Å². The Kier molecular flexibility index (Phi) is 5.70. The van der Waals surface area contributed by atoms with Gasteiger partial charge < -0.3 is 21.0 Å². The number of nitro groups is 1. The molecule has 0 atom stereocenters. The molecule has 142 valence electrons. The maximum Gasteiger partial charge on any atom is 0.393 e. The molecule has 12 nitrogen and oxygen atoms in total. The molecule has 1 aromatic carbocycles. The Labute approximate surface area is 152 Å². The molecule has 0 aliphatic heterocycles. The molecule has 0 aliphatic rings. The van der Waals surface area contributed by atoms with Crippen LogP contribution < -0.4 is 16.2 Å². The fraction of sp³-hybridized carbons (Fsp3) is 0.200. The summed E-state index contributed by atoms with van der Waals surface area (Å²) in [5.74, 6) is -1.51. The van der Waals surface area contributed by atoms with E-state index < -0.39 is 28.2 Å². The molecule has 0 spiro atoms. The zero-order valence-electron chi connectivity index (χ0n) is 14.4. The van der Waals surface area contributed by atoms with Crippen molar-refractivity contribution in [1.82, 2.24) is 9.78 Å². The fourth-order valence-corrected chi connectivity index (χ4v) is 2.02. The molecule has 0 radical (unpaired) electrons. The second-order valence-corrected chi connectivity index (χ2v) is 5.30. The number of carbonyl (C=O) groups excluding carboxylic acids is 2. The van der Waals surface area contributed by atoms with Crippen LogP contribution in [0.5, 0.6) is 5.75 Å². The topological polar surface area (TPSA) is 178 Å². The van der Waals surface area contributed by atoms with Gasteiger partial charge in [-0.25, -0.2) is 4.79 Å². The standard InChI is InChI=1S/C15H16N6O6/c1-8-13(21(24)25)12(18-20(8)2)15(23)27-19-14(17)9-3-5-10(6-4-9)26-7-11(16)22/h3-6H,7H2,1-2H3,(H2,16,22)(H2,17,19). The number of oxime groups is 1. The Morgan fingerprint density at radius 3 is 2.48 bits per heavy atom. The monoisotopic (exact) mass is 376 g/mol. The minimum absolute atomic E-state index is 0.153. The highest BCUT2D eigenvalue weighted by atomic mass is 16.7. The number of nitrogens with two attached hydrogens (primary N) is 2. The lowest BCUT2D eigenvalue weighted by Crippen LogP contribution is -2.20. The average molecular weight is 376 g/mol. The van der Waals surface area contributed by atoms with Crippen molar-refractivity contribution in [2.45, 2.75) is 6.92 Å². The number of aromatic nitrogens is 2. The third-order valence-corrected chi connectivity index (χ3v) is 3.44. The van der Waals surface area contributed by atoms with Gasteiger partial charge >= 0.3 is 11.7 Å². The number of nitrogens with zero attached hydrogens (tertiary/aromatic N) is 4. The molecule has 0 bridgehead atoms. The van der Waals surface area contributed by atoms with E-state index in [1.165, 1.54) is 42.9 Å². The summed E-state index contributed by atoms with van der Waals surface area (Å²) in [6.07, 6.45) is 0. The van der Waals surface area contributed by atoms with Gasteiger partial charge in [-0.15, -0.1) is 0 Å². The summed E-state index contributed by atoms with van der Waals surface area (Å²) >= 11 is 0. The molecule has 1 heterocycles. The summed E-state index contributed by atoms with van der Waals surface area (Å²) in [7, 11) is 1.46. The lowest BCUT2D eigenvalue weighted by Gasteiger charge is -2.05. The molecule has 0 saturated carbocycles. The van der Waals surface area contributed by atoms with Gasteiger partial charge in [0, 0.05) is 12.6 Å². The largest absolute Gasteiger partial charge is 0.484 e. The predicted octanol–water partition coefficient (Wildman–Crippen LogP) is -0.0219. The number of benzene rings is 1. The summed E-state index contributed by atoms with van der Waals surface area (Å²) in [6.45, 7) is 1.17. The maximum atomic E-state index is 12.0. The number of hydrogen-bond acceptors (Lipinski definition) is 8. The second-order valence-electron chi connectivity index (χ2n) is 5.30. The quantitative estimate of drug-likeness (QED) is 0.222. The molecule has 0 aliphatic carbocycles. The van der Waals surface area contributed by atoms with Gasteiger partial charge in [-0.2, -0.15) is 5.10 Å². The second kappa shape index (κ2) is 7.95. The van der Waals surface area contributed by atoms with Crippen molar-refractivity contribution in [2.75, 3.05) is 6.61 Å². The van der Waals surface area contributed by atoms with Gasteiger partial charge in [0.15, 0.2) is 12.4 Å². The Bertz CT molecular complexity index is 918. The molecule has 0 saturated heterocycles. The molecule has 1 amide bonds. The van der Waals surface area contributed by atoms with Crippen LogP contribution in [0.2, 0.25) is 0 Å².